The van der Waals surface area contributed by atoms with Gasteiger partial charge in [0.05, 0.1) is 18.3 Å². The van der Waals surface area contributed by atoms with Crippen LogP contribution < -0.4 is 0 Å². The molecule has 0 aromatic heterocycles. The minimum absolute atomic E-state index is 0.163. The van der Waals surface area contributed by atoms with Crippen molar-refractivity contribution >= 4 is 0 Å². The van der Waals surface area contributed by atoms with Gasteiger partial charge in [0.25, 0.3) is 0 Å². The molecule has 2 heterocycles. The summed E-state index contributed by atoms with van der Waals surface area (Å²) in [6, 6.07) is 0. The zero-order valence-corrected chi connectivity index (χ0v) is 5.42. The average molecular weight is 128 g/mol. The predicted octanol–water partition coefficient (Wildman–Crippen LogP) is 0.689. The average Bonchev–Trinajstić information content (AvgIpc) is 2.25. The monoisotopic (exact) mass is 128 g/mol. The second kappa shape index (κ2) is 1.96. The van der Waals surface area contributed by atoms with E-state index in [2.05, 4.69) is 0 Å². The number of hydrogen-bond acceptors (Lipinski definition) is 2. The van der Waals surface area contributed by atoms with Crippen molar-refractivity contribution in [1.29, 1.82) is 0 Å². The molecule has 3 atom stereocenters. The normalized spacial score (nSPS) is 49.7. The van der Waals surface area contributed by atoms with Crippen LogP contribution in [0.15, 0.2) is 0 Å². The Hall–Kier alpha value is -0.0800. The molecule has 2 aliphatic heterocycles. The van der Waals surface area contributed by atoms with Crippen molar-refractivity contribution in [2.45, 2.75) is 44.0 Å². The predicted molar refractivity (Wildman–Crippen MR) is 33.1 cm³/mol. The molecule has 2 fully saturated rings. The minimum Gasteiger partial charge on any atom is -0.390 e. The molecule has 0 aromatic carbocycles. The van der Waals surface area contributed by atoms with E-state index < -0.39 is 0 Å². The molecular weight excluding hydrogens is 116 g/mol. The highest BCUT2D eigenvalue weighted by Crippen LogP contribution is 2.32. The molecule has 2 saturated heterocycles. The molecule has 0 aliphatic carbocycles. The van der Waals surface area contributed by atoms with E-state index in [1.54, 1.807) is 0 Å². The number of ether oxygens (including phenoxy) is 1. The van der Waals surface area contributed by atoms with Gasteiger partial charge in [0.1, 0.15) is 0 Å². The summed E-state index contributed by atoms with van der Waals surface area (Å²) >= 11 is 0. The van der Waals surface area contributed by atoms with Gasteiger partial charge in [-0.05, 0) is 25.7 Å². The molecule has 0 spiro atoms. The summed E-state index contributed by atoms with van der Waals surface area (Å²) in [5.41, 5.74) is 0. The SMILES string of the molecule is OC1CCC2CCC1O2. The minimum atomic E-state index is -0.163. The molecule has 2 heteroatoms. The summed E-state index contributed by atoms with van der Waals surface area (Å²) < 4.78 is 5.46. The third kappa shape index (κ3) is 0.864. The smallest absolute Gasteiger partial charge is 0.0838 e. The van der Waals surface area contributed by atoms with Crippen LogP contribution >= 0.6 is 0 Å². The van der Waals surface area contributed by atoms with Gasteiger partial charge < -0.3 is 9.84 Å². The largest absolute Gasteiger partial charge is 0.390 e. The highest BCUT2D eigenvalue weighted by Gasteiger charge is 2.35. The van der Waals surface area contributed by atoms with Gasteiger partial charge in [0, 0.05) is 0 Å². The second-order valence-electron chi connectivity index (χ2n) is 3.02. The Labute approximate surface area is 54.8 Å². The van der Waals surface area contributed by atoms with Crippen molar-refractivity contribution in [3.05, 3.63) is 0 Å². The first-order valence-electron chi connectivity index (χ1n) is 3.70. The molecule has 9 heavy (non-hydrogen) atoms. The fourth-order valence-electron chi connectivity index (χ4n) is 1.77. The topological polar surface area (TPSA) is 29.5 Å². The van der Waals surface area contributed by atoms with Gasteiger partial charge in [-0.25, -0.2) is 0 Å². The zero-order valence-electron chi connectivity index (χ0n) is 5.42. The van der Waals surface area contributed by atoms with E-state index in [0.717, 1.165) is 19.3 Å². The van der Waals surface area contributed by atoms with Crippen LogP contribution in [0.5, 0.6) is 0 Å². The van der Waals surface area contributed by atoms with Gasteiger partial charge in [-0.2, -0.15) is 0 Å². The summed E-state index contributed by atoms with van der Waals surface area (Å²) in [7, 11) is 0. The van der Waals surface area contributed by atoms with Gasteiger partial charge in [-0.3, -0.25) is 0 Å². The number of fused-ring (bicyclic) bond motifs is 2. The van der Waals surface area contributed by atoms with E-state index in [9.17, 15) is 5.11 Å². The van der Waals surface area contributed by atoms with Crippen LogP contribution in [0.25, 0.3) is 0 Å². The van der Waals surface area contributed by atoms with E-state index >= 15 is 0 Å². The van der Waals surface area contributed by atoms with Crippen LogP contribution in [-0.4, -0.2) is 23.4 Å². The molecule has 52 valence electrons. The van der Waals surface area contributed by atoms with Crippen molar-refractivity contribution in [2.24, 2.45) is 0 Å². The number of aliphatic hydroxyl groups is 1. The summed E-state index contributed by atoms with van der Waals surface area (Å²) in [6.07, 6.45) is 4.77. The van der Waals surface area contributed by atoms with Crippen LogP contribution in [0, 0.1) is 0 Å². The molecule has 2 rings (SSSR count). The molecule has 2 aliphatic rings. The molecule has 0 amide bonds. The van der Waals surface area contributed by atoms with Crippen molar-refractivity contribution in [3.8, 4) is 0 Å². The number of aliphatic hydroxyl groups excluding tert-OH is 1. The maximum atomic E-state index is 9.27. The van der Waals surface area contributed by atoms with Crippen molar-refractivity contribution in [2.75, 3.05) is 0 Å². The third-order valence-corrected chi connectivity index (χ3v) is 2.35. The summed E-state index contributed by atoms with van der Waals surface area (Å²) in [5.74, 6) is 0. The van der Waals surface area contributed by atoms with Crippen LogP contribution in [0.3, 0.4) is 0 Å². The Kier molecular flexibility index (Phi) is 1.24. The maximum absolute atomic E-state index is 9.27. The molecule has 2 bridgehead atoms. The zero-order chi connectivity index (χ0) is 6.27. The fourth-order valence-corrected chi connectivity index (χ4v) is 1.77. The standard InChI is InChI=1S/C7H12O2/c8-6-3-1-5-2-4-7(6)9-5/h5-8H,1-4H2. The molecule has 0 saturated carbocycles. The van der Waals surface area contributed by atoms with E-state index in [0.29, 0.717) is 6.10 Å². The fraction of sp³-hybridized carbons (Fsp3) is 1.00. The lowest BCUT2D eigenvalue weighted by molar-refractivity contribution is -0.0746. The van der Waals surface area contributed by atoms with Gasteiger partial charge in [0.2, 0.25) is 0 Å². The number of rotatable bonds is 0. The Balaban J connectivity index is 2.05. The van der Waals surface area contributed by atoms with Crippen LogP contribution in [-0.2, 0) is 4.74 Å². The Bertz CT molecular complexity index is 113. The molecular formula is C7H12O2. The first-order valence-corrected chi connectivity index (χ1v) is 3.70. The van der Waals surface area contributed by atoms with E-state index in [-0.39, 0.29) is 12.2 Å². The lowest BCUT2D eigenvalue weighted by Gasteiger charge is -2.24. The molecule has 1 N–H and O–H groups in total. The third-order valence-electron chi connectivity index (χ3n) is 2.35. The lowest BCUT2D eigenvalue weighted by Crippen LogP contribution is -2.31. The molecule has 2 nitrogen and oxygen atoms in total. The van der Waals surface area contributed by atoms with Crippen molar-refractivity contribution in [3.63, 3.8) is 0 Å². The first kappa shape index (κ1) is 5.69. The van der Waals surface area contributed by atoms with E-state index in [4.69, 9.17) is 4.74 Å². The maximum Gasteiger partial charge on any atom is 0.0838 e. The second-order valence-corrected chi connectivity index (χ2v) is 3.02. The van der Waals surface area contributed by atoms with Crippen LogP contribution in [0.4, 0.5) is 0 Å². The van der Waals surface area contributed by atoms with Gasteiger partial charge in [-0.1, -0.05) is 0 Å². The van der Waals surface area contributed by atoms with Crippen LogP contribution in [0.2, 0.25) is 0 Å². The highest BCUT2D eigenvalue weighted by molar-refractivity contribution is 4.85. The van der Waals surface area contributed by atoms with E-state index in [1.807, 2.05) is 0 Å². The summed E-state index contributed by atoms with van der Waals surface area (Å²) in [4.78, 5) is 0. The van der Waals surface area contributed by atoms with Gasteiger partial charge in [0.15, 0.2) is 0 Å². The van der Waals surface area contributed by atoms with Crippen molar-refractivity contribution in [1.82, 2.24) is 0 Å². The van der Waals surface area contributed by atoms with Gasteiger partial charge in [-0.15, -0.1) is 0 Å². The Morgan fingerprint density at radius 2 is 1.89 bits per heavy atom. The first-order chi connectivity index (χ1) is 4.36. The lowest BCUT2D eigenvalue weighted by atomic mass is 10.1. The van der Waals surface area contributed by atoms with Crippen LogP contribution in [0.1, 0.15) is 25.7 Å². The van der Waals surface area contributed by atoms with Crippen molar-refractivity contribution < 1.29 is 9.84 Å². The number of hydrogen-bond donors (Lipinski definition) is 1. The quantitative estimate of drug-likeness (QED) is 0.520. The van der Waals surface area contributed by atoms with E-state index in [1.165, 1.54) is 6.42 Å². The molecule has 0 aromatic rings. The van der Waals surface area contributed by atoms with Gasteiger partial charge >= 0.3 is 0 Å². The Morgan fingerprint density at radius 1 is 1.11 bits per heavy atom. The highest BCUT2D eigenvalue weighted by atomic mass is 16.5. The Morgan fingerprint density at radius 3 is 2.67 bits per heavy atom. The summed E-state index contributed by atoms with van der Waals surface area (Å²) in [6.45, 7) is 0. The summed E-state index contributed by atoms with van der Waals surface area (Å²) in [5, 5.41) is 9.27. The molecule has 3 unspecified atom stereocenters. The molecule has 0 radical (unpaired) electrons.